The first-order valence-corrected chi connectivity index (χ1v) is 7.09. The standard InChI is InChI=1S/C13H16N4OS/c1-9-12(15-8-14-9)13(16-18-2)17-5-3-11-10(7-17)4-6-19-11/h4,6,8H,3,5,7H2,1-2H3,(H,14,15). The average molecular weight is 276 g/mol. The van der Waals surface area contributed by atoms with Crippen molar-refractivity contribution in [1.82, 2.24) is 14.9 Å². The smallest absolute Gasteiger partial charge is 0.196 e. The minimum atomic E-state index is 0.804. The van der Waals surface area contributed by atoms with Crippen LogP contribution < -0.4 is 0 Å². The van der Waals surface area contributed by atoms with Crippen LogP contribution in [0, 0.1) is 6.92 Å². The van der Waals surface area contributed by atoms with Gasteiger partial charge >= 0.3 is 0 Å². The van der Waals surface area contributed by atoms with Crippen molar-refractivity contribution in [1.29, 1.82) is 0 Å². The van der Waals surface area contributed by atoms with Gasteiger partial charge in [-0.1, -0.05) is 5.16 Å². The number of imidazole rings is 1. The van der Waals surface area contributed by atoms with Gasteiger partial charge in [-0.15, -0.1) is 11.3 Å². The molecular weight excluding hydrogens is 260 g/mol. The number of amidine groups is 1. The van der Waals surface area contributed by atoms with Crippen LogP contribution in [0.5, 0.6) is 0 Å². The van der Waals surface area contributed by atoms with E-state index in [0.717, 1.165) is 36.7 Å². The molecule has 19 heavy (non-hydrogen) atoms. The summed E-state index contributed by atoms with van der Waals surface area (Å²) in [6, 6.07) is 2.19. The number of hydrogen-bond acceptors (Lipinski definition) is 4. The molecule has 0 spiro atoms. The van der Waals surface area contributed by atoms with E-state index in [4.69, 9.17) is 4.84 Å². The second-order valence-electron chi connectivity index (χ2n) is 4.51. The molecule has 0 unspecified atom stereocenters. The molecule has 0 aliphatic carbocycles. The highest BCUT2D eigenvalue weighted by Gasteiger charge is 2.24. The average Bonchev–Trinajstić information content (AvgIpc) is 3.03. The summed E-state index contributed by atoms with van der Waals surface area (Å²) in [5, 5.41) is 6.33. The van der Waals surface area contributed by atoms with Gasteiger partial charge in [0.2, 0.25) is 0 Å². The lowest BCUT2D eigenvalue weighted by Gasteiger charge is -2.28. The Bertz CT molecular complexity index is 601. The SMILES string of the molecule is CON=C(c1nc[nH]c1C)N1CCc2sccc2C1. The van der Waals surface area contributed by atoms with Gasteiger partial charge in [0.15, 0.2) is 5.84 Å². The highest BCUT2D eigenvalue weighted by Crippen LogP contribution is 2.25. The molecule has 2 aromatic heterocycles. The molecule has 1 aliphatic heterocycles. The number of oxime groups is 1. The van der Waals surface area contributed by atoms with E-state index >= 15 is 0 Å². The maximum Gasteiger partial charge on any atom is 0.196 e. The van der Waals surface area contributed by atoms with Crippen molar-refractivity contribution in [3.05, 3.63) is 39.6 Å². The van der Waals surface area contributed by atoms with Crippen LogP contribution in [0.2, 0.25) is 0 Å². The van der Waals surface area contributed by atoms with Crippen LogP contribution in [-0.4, -0.2) is 34.4 Å². The van der Waals surface area contributed by atoms with Gasteiger partial charge in [-0.3, -0.25) is 0 Å². The maximum atomic E-state index is 5.00. The summed E-state index contributed by atoms with van der Waals surface area (Å²) in [7, 11) is 1.57. The zero-order valence-corrected chi connectivity index (χ0v) is 11.8. The molecule has 3 heterocycles. The van der Waals surface area contributed by atoms with Gasteiger partial charge in [-0.25, -0.2) is 4.98 Å². The number of hydrogen-bond donors (Lipinski definition) is 1. The Morgan fingerprint density at radius 3 is 3.21 bits per heavy atom. The first kappa shape index (κ1) is 12.2. The van der Waals surface area contributed by atoms with Crippen molar-refractivity contribution in [2.75, 3.05) is 13.7 Å². The number of nitrogens with zero attached hydrogens (tertiary/aromatic N) is 3. The summed E-state index contributed by atoms with van der Waals surface area (Å²) in [6.45, 7) is 3.81. The van der Waals surface area contributed by atoms with E-state index in [1.165, 1.54) is 10.4 Å². The van der Waals surface area contributed by atoms with Crippen LogP contribution in [0.25, 0.3) is 0 Å². The van der Waals surface area contributed by atoms with Crippen molar-refractivity contribution >= 4 is 17.2 Å². The minimum absolute atomic E-state index is 0.804. The summed E-state index contributed by atoms with van der Waals surface area (Å²) in [5.41, 5.74) is 3.25. The number of thiophene rings is 1. The molecule has 0 aromatic carbocycles. The van der Waals surface area contributed by atoms with Gasteiger partial charge in [0.05, 0.1) is 6.33 Å². The van der Waals surface area contributed by atoms with E-state index in [1.54, 1.807) is 13.4 Å². The molecule has 0 amide bonds. The predicted molar refractivity (Wildman–Crippen MR) is 75.3 cm³/mol. The molecule has 3 rings (SSSR count). The summed E-state index contributed by atoms with van der Waals surface area (Å²) in [6.07, 6.45) is 2.75. The lowest BCUT2D eigenvalue weighted by Crippen LogP contribution is -2.36. The first-order valence-electron chi connectivity index (χ1n) is 6.21. The zero-order valence-electron chi connectivity index (χ0n) is 11.0. The van der Waals surface area contributed by atoms with Crippen molar-refractivity contribution in [2.24, 2.45) is 5.16 Å². The van der Waals surface area contributed by atoms with Crippen molar-refractivity contribution in [3.63, 3.8) is 0 Å². The van der Waals surface area contributed by atoms with Crippen LogP contribution in [0.1, 0.15) is 21.8 Å². The minimum Gasteiger partial charge on any atom is -0.397 e. The van der Waals surface area contributed by atoms with Crippen molar-refractivity contribution in [3.8, 4) is 0 Å². The molecule has 2 aromatic rings. The van der Waals surface area contributed by atoms with E-state index in [9.17, 15) is 0 Å². The number of aryl methyl sites for hydroxylation is 1. The van der Waals surface area contributed by atoms with Gasteiger partial charge in [-0.2, -0.15) is 0 Å². The fourth-order valence-corrected chi connectivity index (χ4v) is 3.24. The Morgan fingerprint density at radius 1 is 1.58 bits per heavy atom. The third kappa shape index (κ3) is 2.23. The van der Waals surface area contributed by atoms with Crippen LogP contribution in [0.15, 0.2) is 22.9 Å². The van der Waals surface area contributed by atoms with Crippen LogP contribution in [0.4, 0.5) is 0 Å². The largest absolute Gasteiger partial charge is 0.397 e. The third-order valence-corrected chi connectivity index (χ3v) is 4.35. The van der Waals surface area contributed by atoms with Crippen molar-refractivity contribution < 1.29 is 4.84 Å². The summed E-state index contributed by atoms with van der Waals surface area (Å²) >= 11 is 1.83. The Balaban J connectivity index is 1.91. The summed E-state index contributed by atoms with van der Waals surface area (Å²) in [5.74, 6) is 0.804. The normalized spacial score (nSPS) is 15.5. The van der Waals surface area contributed by atoms with Crippen LogP contribution in [0.3, 0.4) is 0 Å². The first-order chi connectivity index (χ1) is 9.29. The number of H-pyrrole nitrogens is 1. The Labute approximate surface area is 115 Å². The van der Waals surface area contributed by atoms with E-state index in [2.05, 4.69) is 31.5 Å². The van der Waals surface area contributed by atoms with Gasteiger partial charge in [-0.05, 0) is 30.4 Å². The molecule has 1 N–H and O–H groups in total. The van der Waals surface area contributed by atoms with Gasteiger partial charge < -0.3 is 14.7 Å². The molecule has 0 radical (unpaired) electrons. The topological polar surface area (TPSA) is 53.5 Å². The van der Waals surface area contributed by atoms with Gasteiger partial charge in [0, 0.05) is 23.7 Å². The number of aromatic nitrogens is 2. The number of fused-ring (bicyclic) bond motifs is 1. The van der Waals surface area contributed by atoms with E-state index in [1.807, 2.05) is 18.3 Å². The quantitative estimate of drug-likeness (QED) is 0.519. The monoisotopic (exact) mass is 276 g/mol. The summed E-state index contributed by atoms with van der Waals surface area (Å²) < 4.78 is 0. The molecule has 0 saturated carbocycles. The molecule has 1 aliphatic rings. The molecule has 0 fully saturated rings. The van der Waals surface area contributed by atoms with Gasteiger partial charge in [0.25, 0.3) is 0 Å². The Hall–Kier alpha value is -1.82. The fraction of sp³-hybridized carbons (Fsp3) is 0.385. The number of rotatable bonds is 2. The second kappa shape index (κ2) is 5.05. The molecule has 0 bridgehead atoms. The highest BCUT2D eigenvalue weighted by molar-refractivity contribution is 7.10. The second-order valence-corrected chi connectivity index (χ2v) is 5.51. The zero-order chi connectivity index (χ0) is 13.2. The molecular formula is C13H16N4OS. The molecule has 0 saturated heterocycles. The Kier molecular flexibility index (Phi) is 3.25. The van der Waals surface area contributed by atoms with E-state index in [0.29, 0.717) is 0 Å². The predicted octanol–water partition coefficient (Wildman–Crippen LogP) is 2.15. The maximum absolute atomic E-state index is 5.00. The van der Waals surface area contributed by atoms with Crippen LogP contribution >= 0.6 is 11.3 Å². The van der Waals surface area contributed by atoms with Crippen molar-refractivity contribution in [2.45, 2.75) is 19.9 Å². The Morgan fingerprint density at radius 2 is 2.47 bits per heavy atom. The lowest BCUT2D eigenvalue weighted by molar-refractivity contribution is 0.204. The molecule has 5 nitrogen and oxygen atoms in total. The molecule has 6 heteroatoms. The molecule has 0 atom stereocenters. The van der Waals surface area contributed by atoms with E-state index in [-0.39, 0.29) is 0 Å². The fourth-order valence-electron chi connectivity index (χ4n) is 2.35. The highest BCUT2D eigenvalue weighted by atomic mass is 32.1. The molecule has 100 valence electrons. The number of aromatic amines is 1. The lowest BCUT2D eigenvalue weighted by atomic mass is 10.1. The summed E-state index contributed by atoms with van der Waals surface area (Å²) in [4.78, 5) is 16.1. The van der Waals surface area contributed by atoms with E-state index < -0.39 is 0 Å². The van der Waals surface area contributed by atoms with Crippen LogP contribution in [-0.2, 0) is 17.8 Å². The number of nitrogens with one attached hydrogen (secondary N) is 1. The van der Waals surface area contributed by atoms with Gasteiger partial charge in [0.1, 0.15) is 12.8 Å². The third-order valence-electron chi connectivity index (χ3n) is 3.33.